The molecule has 144 valence electrons. The van der Waals surface area contributed by atoms with Crippen molar-refractivity contribution in [3.63, 3.8) is 0 Å². The largest absolute Gasteiger partial charge is 0.864 e. The predicted octanol–water partition coefficient (Wildman–Crippen LogP) is 7.09. The van der Waals surface area contributed by atoms with Crippen LogP contribution in [0.1, 0.15) is 16.7 Å². The molecule has 0 saturated carbocycles. The third-order valence-electron chi connectivity index (χ3n) is 4.13. The number of hydrogen-bond acceptors (Lipinski definition) is 3. The molecule has 0 amide bonds. The first-order valence-electron chi connectivity index (χ1n) is 8.60. The minimum absolute atomic E-state index is 0.511. The first kappa shape index (κ1) is 20.7. The number of rotatable bonds is 6. The van der Waals surface area contributed by atoms with E-state index in [0.29, 0.717) is 32.3 Å². The molecule has 0 saturated heterocycles. The third-order valence-corrected chi connectivity index (χ3v) is 5.35. The molecule has 7 heteroatoms. The minimum Gasteiger partial charge on any atom is -0.490 e. The van der Waals surface area contributed by atoms with E-state index >= 15 is 0 Å². The molecule has 0 atom stereocenters. The molecule has 0 N–H and O–H groups in total. The number of hydrogen-bond donors (Lipinski definition) is 0. The topological polar surface area (TPSA) is 27.7 Å². The summed E-state index contributed by atoms with van der Waals surface area (Å²) in [6.45, 7) is 5.75. The van der Waals surface area contributed by atoms with Crippen molar-refractivity contribution >= 4 is 42.1 Å². The summed E-state index contributed by atoms with van der Waals surface area (Å²) >= 11 is 18.6. The van der Waals surface area contributed by atoms with Gasteiger partial charge >= 0.3 is 7.32 Å². The van der Waals surface area contributed by atoms with Gasteiger partial charge in [-0.15, -0.1) is 0 Å². The zero-order valence-corrected chi connectivity index (χ0v) is 17.9. The van der Waals surface area contributed by atoms with Gasteiger partial charge in [0, 0.05) is 15.1 Å². The zero-order chi connectivity index (χ0) is 20.3. The molecule has 0 heterocycles. The number of aryl methyl sites for hydroxylation is 3. The molecule has 3 nitrogen and oxygen atoms in total. The quantitative estimate of drug-likeness (QED) is 0.387. The lowest BCUT2D eigenvalue weighted by Crippen LogP contribution is -2.37. The molecule has 0 aromatic heterocycles. The van der Waals surface area contributed by atoms with Crippen LogP contribution in [-0.4, -0.2) is 7.32 Å². The molecule has 0 spiro atoms. The van der Waals surface area contributed by atoms with E-state index in [0.717, 1.165) is 16.7 Å². The highest BCUT2D eigenvalue weighted by Gasteiger charge is 2.30. The van der Waals surface area contributed by atoms with Gasteiger partial charge in [-0.25, -0.2) is 0 Å². The van der Waals surface area contributed by atoms with Gasteiger partial charge in [0.1, 0.15) is 17.2 Å². The second-order valence-corrected chi connectivity index (χ2v) is 7.60. The van der Waals surface area contributed by atoms with E-state index in [-0.39, 0.29) is 0 Å². The van der Waals surface area contributed by atoms with Crippen LogP contribution in [-0.2, 0) is 0 Å². The second-order valence-electron chi connectivity index (χ2n) is 6.38. The van der Waals surface area contributed by atoms with Crippen molar-refractivity contribution < 1.29 is 14.0 Å². The molecule has 0 bridgehead atoms. The lowest BCUT2D eigenvalue weighted by molar-refractivity contribution is 0.307. The van der Waals surface area contributed by atoms with Crippen molar-refractivity contribution in [2.24, 2.45) is 0 Å². The van der Waals surface area contributed by atoms with Gasteiger partial charge in [0.15, 0.2) is 0 Å². The van der Waals surface area contributed by atoms with E-state index in [1.807, 2.05) is 39.0 Å². The van der Waals surface area contributed by atoms with Crippen molar-refractivity contribution in [1.82, 2.24) is 0 Å². The average molecular weight is 436 g/mol. The van der Waals surface area contributed by atoms with E-state index in [9.17, 15) is 0 Å². The first-order valence-corrected chi connectivity index (χ1v) is 9.73. The highest BCUT2D eigenvalue weighted by molar-refractivity contribution is 6.40. The molecule has 0 aliphatic carbocycles. The molecule has 0 radical (unpaired) electrons. The molecule has 3 rings (SSSR count). The molecule has 0 unspecified atom stereocenters. The lowest BCUT2D eigenvalue weighted by Gasteiger charge is -2.17. The Bertz CT molecular complexity index is 867. The van der Waals surface area contributed by atoms with Crippen molar-refractivity contribution in [1.29, 1.82) is 0 Å². The lowest BCUT2D eigenvalue weighted by atomic mass is 10.1. The second kappa shape index (κ2) is 9.00. The fourth-order valence-corrected chi connectivity index (χ4v) is 2.86. The highest BCUT2D eigenvalue weighted by Crippen LogP contribution is 2.27. The Morgan fingerprint density at radius 1 is 0.536 bits per heavy atom. The Balaban J connectivity index is 1.86. The molecule has 3 aromatic rings. The maximum Gasteiger partial charge on any atom is 0.864 e. The van der Waals surface area contributed by atoms with Crippen LogP contribution in [0.2, 0.25) is 15.1 Å². The Hall–Kier alpha value is -2.01. The van der Waals surface area contributed by atoms with Gasteiger partial charge in [0.25, 0.3) is 0 Å². The minimum atomic E-state index is -1.07. The van der Waals surface area contributed by atoms with E-state index < -0.39 is 7.32 Å². The van der Waals surface area contributed by atoms with Crippen LogP contribution in [0.4, 0.5) is 0 Å². The zero-order valence-electron chi connectivity index (χ0n) is 15.6. The molecular formula is C21H18BCl3O3. The van der Waals surface area contributed by atoms with Gasteiger partial charge in [0.2, 0.25) is 0 Å². The summed E-state index contributed by atoms with van der Waals surface area (Å²) in [5.41, 5.74) is 2.84. The van der Waals surface area contributed by atoms with Crippen LogP contribution in [0.3, 0.4) is 0 Å². The number of benzene rings is 3. The van der Waals surface area contributed by atoms with Gasteiger partial charge in [-0.05, 0) is 73.9 Å². The summed E-state index contributed by atoms with van der Waals surface area (Å²) in [4.78, 5) is 0. The SMILES string of the molecule is Cc1ccc(OB(Oc2ccc(C)c(Cl)c2)Oc2ccc(C)c(Cl)c2)cc1Cl. The standard InChI is InChI=1S/C21H18BCl3O3/c1-13-4-7-16(10-19(13)23)26-22(27-17-8-5-14(2)20(24)11-17)28-18-9-6-15(3)21(25)12-18/h4-12H,1-3H3. The van der Waals surface area contributed by atoms with E-state index in [1.54, 1.807) is 36.4 Å². The maximum absolute atomic E-state index is 6.20. The van der Waals surface area contributed by atoms with Crippen LogP contribution in [0.5, 0.6) is 17.2 Å². The molecule has 28 heavy (non-hydrogen) atoms. The molecule has 0 aliphatic rings. The third kappa shape index (κ3) is 5.29. The predicted molar refractivity (Wildman–Crippen MR) is 116 cm³/mol. The Morgan fingerprint density at radius 2 is 0.821 bits per heavy atom. The van der Waals surface area contributed by atoms with E-state index in [2.05, 4.69) is 0 Å². The van der Waals surface area contributed by atoms with Gasteiger partial charge < -0.3 is 14.0 Å². The van der Waals surface area contributed by atoms with Gasteiger partial charge in [0.05, 0.1) is 0 Å². The average Bonchev–Trinajstić information content (AvgIpc) is 2.64. The van der Waals surface area contributed by atoms with Crippen molar-refractivity contribution in [2.75, 3.05) is 0 Å². The fourth-order valence-electron chi connectivity index (χ4n) is 2.35. The Labute approximate surface area is 180 Å². The molecule has 3 aromatic carbocycles. The smallest absolute Gasteiger partial charge is 0.490 e. The van der Waals surface area contributed by atoms with Gasteiger partial charge in [-0.2, -0.15) is 0 Å². The Kier molecular flexibility index (Phi) is 6.66. The number of halogens is 3. The summed E-state index contributed by atoms with van der Waals surface area (Å²) in [6.07, 6.45) is 0. The molecule has 0 fully saturated rings. The monoisotopic (exact) mass is 434 g/mol. The Morgan fingerprint density at radius 3 is 1.07 bits per heavy atom. The molecular weight excluding hydrogens is 417 g/mol. The summed E-state index contributed by atoms with van der Waals surface area (Å²) in [5, 5.41) is 1.77. The summed E-state index contributed by atoms with van der Waals surface area (Å²) in [6, 6.07) is 16.1. The van der Waals surface area contributed by atoms with E-state index in [1.165, 1.54) is 0 Å². The van der Waals surface area contributed by atoms with E-state index in [4.69, 9.17) is 48.8 Å². The summed E-state index contributed by atoms with van der Waals surface area (Å²) in [7, 11) is -1.07. The first-order chi connectivity index (χ1) is 13.3. The van der Waals surface area contributed by atoms with Crippen LogP contribution in [0, 0.1) is 20.8 Å². The normalized spacial score (nSPS) is 10.5. The van der Waals surface area contributed by atoms with Crippen LogP contribution < -0.4 is 14.0 Å². The summed E-state index contributed by atoms with van der Waals surface area (Å²) < 4.78 is 17.7. The van der Waals surface area contributed by atoms with Gasteiger partial charge in [-0.3, -0.25) is 0 Å². The maximum atomic E-state index is 6.20. The highest BCUT2D eigenvalue weighted by atomic mass is 35.5. The van der Waals surface area contributed by atoms with Gasteiger partial charge in [-0.1, -0.05) is 53.0 Å². The van der Waals surface area contributed by atoms with Crippen LogP contribution in [0.25, 0.3) is 0 Å². The fraction of sp³-hybridized carbons (Fsp3) is 0.143. The van der Waals surface area contributed by atoms with Crippen LogP contribution >= 0.6 is 34.8 Å². The van der Waals surface area contributed by atoms with Crippen LogP contribution in [0.15, 0.2) is 54.6 Å². The molecule has 0 aliphatic heterocycles. The van der Waals surface area contributed by atoms with Crippen molar-refractivity contribution in [3.8, 4) is 17.2 Å². The summed E-state index contributed by atoms with van der Waals surface area (Å²) in [5.74, 6) is 1.53. The van der Waals surface area contributed by atoms with Crippen molar-refractivity contribution in [2.45, 2.75) is 20.8 Å². The van der Waals surface area contributed by atoms with Crippen molar-refractivity contribution in [3.05, 3.63) is 86.4 Å².